The number of hydrogen-bond donors (Lipinski definition) is 1. The number of sulfone groups is 1. The molecule has 1 aromatic carbocycles. The van der Waals surface area contributed by atoms with Crippen molar-refractivity contribution >= 4 is 21.4 Å². The van der Waals surface area contributed by atoms with E-state index in [0.717, 1.165) is 12.1 Å². The Bertz CT molecular complexity index is 790. The van der Waals surface area contributed by atoms with Crippen LogP contribution in [0.4, 0.5) is 18.9 Å². The molecule has 0 aromatic heterocycles. The first-order valence-electron chi connectivity index (χ1n) is 8.77. The number of rotatable bonds is 4. The van der Waals surface area contributed by atoms with E-state index in [1.165, 1.54) is 6.07 Å². The van der Waals surface area contributed by atoms with Crippen LogP contribution in [0.25, 0.3) is 0 Å². The van der Waals surface area contributed by atoms with E-state index in [-0.39, 0.29) is 30.0 Å². The molecule has 0 unspecified atom stereocenters. The highest BCUT2D eigenvalue weighted by Gasteiger charge is 2.32. The Balaban J connectivity index is 1.48. The van der Waals surface area contributed by atoms with Gasteiger partial charge in [-0.1, -0.05) is 6.07 Å². The highest BCUT2D eigenvalue weighted by Crippen LogP contribution is 2.31. The van der Waals surface area contributed by atoms with Crippen LogP contribution in [0.5, 0.6) is 0 Å². The topological polar surface area (TPSA) is 69.7 Å². The maximum atomic E-state index is 12.8. The molecule has 27 heavy (non-hydrogen) atoms. The Labute approximate surface area is 156 Å². The lowest BCUT2D eigenvalue weighted by atomic mass is 10.1. The summed E-state index contributed by atoms with van der Waals surface area (Å²) < 4.78 is 61.4. The summed E-state index contributed by atoms with van der Waals surface area (Å²) in [4.78, 5) is 15.9. The third kappa shape index (κ3) is 5.35. The van der Waals surface area contributed by atoms with Crippen molar-refractivity contribution < 1.29 is 26.4 Å². The van der Waals surface area contributed by atoms with Crippen LogP contribution in [0.2, 0.25) is 0 Å². The molecule has 1 atom stereocenters. The van der Waals surface area contributed by atoms with Crippen molar-refractivity contribution in [2.24, 2.45) is 0 Å². The molecule has 10 heteroatoms. The van der Waals surface area contributed by atoms with Gasteiger partial charge in [0.05, 0.1) is 23.6 Å². The summed E-state index contributed by atoms with van der Waals surface area (Å²) >= 11 is 0. The lowest BCUT2D eigenvalue weighted by Crippen LogP contribution is -2.50. The molecule has 0 bridgehead atoms. The number of piperazine rings is 1. The molecule has 150 valence electrons. The quantitative estimate of drug-likeness (QED) is 0.814. The third-order valence-electron chi connectivity index (χ3n) is 4.88. The highest BCUT2D eigenvalue weighted by molar-refractivity contribution is 7.91. The summed E-state index contributed by atoms with van der Waals surface area (Å²) in [5, 5.41) is 2.75. The molecule has 0 radical (unpaired) electrons. The van der Waals surface area contributed by atoms with Gasteiger partial charge in [-0.3, -0.25) is 9.69 Å². The van der Waals surface area contributed by atoms with Gasteiger partial charge in [-0.15, -0.1) is 0 Å². The van der Waals surface area contributed by atoms with E-state index in [4.69, 9.17) is 0 Å². The number of nitrogens with one attached hydrogen (secondary N) is 1. The van der Waals surface area contributed by atoms with Gasteiger partial charge in [-0.25, -0.2) is 8.42 Å². The fraction of sp³-hybridized carbons (Fsp3) is 0.588. The molecule has 1 aromatic rings. The van der Waals surface area contributed by atoms with Gasteiger partial charge in [0.15, 0.2) is 9.84 Å². The molecule has 6 nitrogen and oxygen atoms in total. The minimum absolute atomic E-state index is 0.0118. The molecule has 1 N–H and O–H groups in total. The van der Waals surface area contributed by atoms with Crippen LogP contribution in [-0.4, -0.2) is 69.5 Å². The molecular weight excluding hydrogens is 383 g/mol. The average molecular weight is 405 g/mol. The monoisotopic (exact) mass is 405 g/mol. The minimum atomic E-state index is -4.37. The molecule has 3 rings (SSSR count). The molecule has 2 heterocycles. The Morgan fingerprint density at radius 1 is 1.19 bits per heavy atom. The van der Waals surface area contributed by atoms with Gasteiger partial charge < -0.3 is 10.2 Å². The first kappa shape index (κ1) is 19.9. The van der Waals surface area contributed by atoms with E-state index in [0.29, 0.717) is 38.3 Å². The SMILES string of the molecule is O=C(CN1CCN(c2cccc(C(F)(F)F)c2)CC1)N[C@H]1CCS(=O)(=O)C1. The second-order valence-corrected chi connectivity index (χ2v) is 9.21. The largest absolute Gasteiger partial charge is 0.416 e. The lowest BCUT2D eigenvalue weighted by molar-refractivity contribution is -0.137. The fourth-order valence-electron chi connectivity index (χ4n) is 3.43. The molecule has 0 saturated carbocycles. The normalized spacial score (nSPS) is 23.4. The summed E-state index contributed by atoms with van der Waals surface area (Å²) in [6.45, 7) is 2.30. The van der Waals surface area contributed by atoms with Crippen molar-refractivity contribution in [3.63, 3.8) is 0 Å². The molecule has 2 fully saturated rings. The second-order valence-electron chi connectivity index (χ2n) is 6.98. The predicted molar refractivity (Wildman–Crippen MR) is 95.3 cm³/mol. The van der Waals surface area contributed by atoms with Crippen LogP contribution in [0.3, 0.4) is 0 Å². The molecule has 1 amide bonds. The van der Waals surface area contributed by atoms with Gasteiger partial charge in [0.25, 0.3) is 0 Å². The summed E-state index contributed by atoms with van der Waals surface area (Å²) in [5.74, 6) is -0.125. The van der Waals surface area contributed by atoms with E-state index in [2.05, 4.69) is 5.32 Å². The number of benzene rings is 1. The van der Waals surface area contributed by atoms with Crippen LogP contribution in [0.1, 0.15) is 12.0 Å². The number of anilines is 1. The van der Waals surface area contributed by atoms with Crippen LogP contribution in [0.15, 0.2) is 24.3 Å². The standard InChI is InChI=1S/C17H22F3N3O3S/c18-17(19,20)13-2-1-3-15(10-13)23-7-5-22(6-8-23)11-16(24)21-14-4-9-27(25,26)12-14/h1-3,10,14H,4-9,11-12H2,(H,21,24)/t14-/m0/s1. The fourth-order valence-corrected chi connectivity index (χ4v) is 5.10. The summed E-state index contributed by atoms with van der Waals surface area (Å²) in [6.07, 6.45) is -3.93. The van der Waals surface area contributed by atoms with E-state index in [1.807, 2.05) is 9.80 Å². The Morgan fingerprint density at radius 3 is 2.48 bits per heavy atom. The van der Waals surface area contributed by atoms with Crippen molar-refractivity contribution in [2.75, 3.05) is 49.1 Å². The number of nitrogens with zero attached hydrogens (tertiary/aromatic N) is 2. The number of hydrogen-bond acceptors (Lipinski definition) is 5. The maximum Gasteiger partial charge on any atom is 0.416 e. The van der Waals surface area contributed by atoms with Gasteiger partial charge in [-0.05, 0) is 24.6 Å². The zero-order chi connectivity index (χ0) is 19.7. The highest BCUT2D eigenvalue weighted by atomic mass is 32.2. The van der Waals surface area contributed by atoms with Gasteiger partial charge in [0.1, 0.15) is 0 Å². The van der Waals surface area contributed by atoms with Crippen LogP contribution in [-0.2, 0) is 20.8 Å². The number of carbonyl (C=O) groups excluding carboxylic acids is 1. The number of amides is 1. The van der Waals surface area contributed by atoms with Gasteiger partial charge in [-0.2, -0.15) is 13.2 Å². The first-order chi connectivity index (χ1) is 12.6. The van der Waals surface area contributed by atoms with Crippen LogP contribution >= 0.6 is 0 Å². The van der Waals surface area contributed by atoms with E-state index < -0.39 is 21.6 Å². The van der Waals surface area contributed by atoms with Gasteiger partial charge in [0.2, 0.25) is 5.91 Å². The number of carbonyl (C=O) groups is 1. The third-order valence-corrected chi connectivity index (χ3v) is 6.64. The maximum absolute atomic E-state index is 12.8. The zero-order valence-electron chi connectivity index (χ0n) is 14.7. The summed E-state index contributed by atoms with van der Waals surface area (Å²) in [6, 6.07) is 4.91. The van der Waals surface area contributed by atoms with E-state index >= 15 is 0 Å². The van der Waals surface area contributed by atoms with Crippen LogP contribution < -0.4 is 10.2 Å². The van der Waals surface area contributed by atoms with E-state index in [9.17, 15) is 26.4 Å². The minimum Gasteiger partial charge on any atom is -0.369 e. The van der Waals surface area contributed by atoms with Gasteiger partial charge >= 0.3 is 6.18 Å². The van der Waals surface area contributed by atoms with Crippen molar-refractivity contribution in [2.45, 2.75) is 18.6 Å². The number of halogens is 3. The zero-order valence-corrected chi connectivity index (χ0v) is 15.5. The van der Waals surface area contributed by atoms with Crippen molar-refractivity contribution in [1.29, 1.82) is 0 Å². The molecule has 2 aliphatic rings. The lowest BCUT2D eigenvalue weighted by Gasteiger charge is -2.36. The second kappa shape index (κ2) is 7.67. The van der Waals surface area contributed by atoms with Gasteiger partial charge in [0, 0.05) is 37.9 Å². The summed E-state index contributed by atoms with van der Waals surface area (Å²) in [5.41, 5.74) is -0.154. The Kier molecular flexibility index (Phi) is 5.66. The van der Waals surface area contributed by atoms with E-state index in [1.54, 1.807) is 6.07 Å². The molecule has 0 aliphatic carbocycles. The first-order valence-corrected chi connectivity index (χ1v) is 10.6. The smallest absolute Gasteiger partial charge is 0.369 e. The summed E-state index contributed by atoms with van der Waals surface area (Å²) in [7, 11) is -3.04. The molecule has 2 aliphatic heterocycles. The van der Waals surface area contributed by atoms with Crippen molar-refractivity contribution in [3.05, 3.63) is 29.8 Å². The average Bonchev–Trinajstić information content (AvgIpc) is 2.93. The molecule has 2 saturated heterocycles. The Morgan fingerprint density at radius 2 is 1.89 bits per heavy atom. The van der Waals surface area contributed by atoms with Crippen LogP contribution in [0, 0.1) is 0 Å². The predicted octanol–water partition coefficient (Wildman–Crippen LogP) is 1.13. The Hall–Kier alpha value is -1.81. The van der Waals surface area contributed by atoms with Crippen molar-refractivity contribution in [1.82, 2.24) is 10.2 Å². The number of alkyl halides is 3. The molecule has 0 spiro atoms. The molecular formula is C17H22F3N3O3S. The van der Waals surface area contributed by atoms with Crippen molar-refractivity contribution in [3.8, 4) is 0 Å².